The molecule has 1 aromatic carbocycles. The summed E-state index contributed by atoms with van der Waals surface area (Å²) in [6.45, 7) is 4.10. The number of nitrogens with one attached hydrogen (secondary N) is 1. The van der Waals surface area contributed by atoms with E-state index in [-0.39, 0.29) is 5.60 Å². The molecule has 0 atom stereocenters. The molecule has 0 spiro atoms. The maximum Gasteiger partial charge on any atom is 0.131 e. The van der Waals surface area contributed by atoms with Gasteiger partial charge >= 0.3 is 0 Å². The van der Waals surface area contributed by atoms with E-state index in [1.54, 1.807) is 0 Å². The van der Waals surface area contributed by atoms with Crippen LogP contribution in [0, 0.1) is 0 Å². The zero-order valence-electron chi connectivity index (χ0n) is 9.12. The molecule has 1 aliphatic heterocycles. The molecule has 2 nitrogen and oxygen atoms in total. The molecule has 0 aromatic heterocycles. The summed E-state index contributed by atoms with van der Waals surface area (Å²) in [7, 11) is 0. The van der Waals surface area contributed by atoms with Crippen LogP contribution in [-0.4, -0.2) is 18.7 Å². The van der Waals surface area contributed by atoms with Gasteiger partial charge in [0.1, 0.15) is 11.4 Å². The van der Waals surface area contributed by atoms with Gasteiger partial charge in [-0.1, -0.05) is 18.2 Å². The Hall–Kier alpha value is -1.02. The second-order valence-electron chi connectivity index (χ2n) is 4.97. The molecule has 15 heavy (non-hydrogen) atoms. The fourth-order valence-electron chi connectivity index (χ4n) is 2.12. The molecule has 1 aliphatic carbocycles. The highest BCUT2D eigenvalue weighted by Gasteiger charge is 2.35. The van der Waals surface area contributed by atoms with Crippen molar-refractivity contribution in [3.63, 3.8) is 0 Å². The van der Waals surface area contributed by atoms with Gasteiger partial charge in [-0.25, -0.2) is 0 Å². The molecule has 2 heteroatoms. The van der Waals surface area contributed by atoms with Crippen molar-refractivity contribution in [2.45, 2.75) is 31.3 Å². The molecule has 1 heterocycles. The van der Waals surface area contributed by atoms with Crippen molar-refractivity contribution in [3.05, 3.63) is 29.8 Å². The van der Waals surface area contributed by atoms with E-state index in [0.717, 1.165) is 24.8 Å². The van der Waals surface area contributed by atoms with Gasteiger partial charge in [-0.15, -0.1) is 0 Å². The van der Waals surface area contributed by atoms with Crippen molar-refractivity contribution in [1.82, 2.24) is 5.32 Å². The minimum atomic E-state index is 0.0188. The molecule has 1 saturated carbocycles. The van der Waals surface area contributed by atoms with Crippen molar-refractivity contribution in [1.29, 1.82) is 0 Å². The van der Waals surface area contributed by atoms with Gasteiger partial charge in [0.25, 0.3) is 0 Å². The van der Waals surface area contributed by atoms with Crippen LogP contribution in [0.1, 0.15) is 31.2 Å². The molecule has 2 fully saturated rings. The summed E-state index contributed by atoms with van der Waals surface area (Å²) in [6, 6.07) is 8.50. The van der Waals surface area contributed by atoms with Crippen LogP contribution in [0.15, 0.2) is 24.3 Å². The second kappa shape index (κ2) is 3.24. The second-order valence-corrected chi connectivity index (χ2v) is 4.97. The Morgan fingerprint density at radius 2 is 2.00 bits per heavy atom. The largest absolute Gasteiger partial charge is 0.485 e. The Balaban J connectivity index is 1.83. The number of hydrogen-bond donors (Lipinski definition) is 1. The molecule has 0 radical (unpaired) electrons. The Labute approximate surface area is 90.6 Å². The van der Waals surface area contributed by atoms with Crippen LogP contribution in [0.4, 0.5) is 0 Å². The van der Waals surface area contributed by atoms with E-state index < -0.39 is 0 Å². The lowest BCUT2D eigenvalue weighted by Gasteiger charge is -2.39. The smallest absolute Gasteiger partial charge is 0.131 e. The number of hydrogen-bond acceptors (Lipinski definition) is 2. The van der Waals surface area contributed by atoms with Gasteiger partial charge in [-0.3, -0.25) is 0 Å². The van der Waals surface area contributed by atoms with Crippen LogP contribution in [0.25, 0.3) is 0 Å². The highest BCUT2D eigenvalue weighted by molar-refractivity contribution is 5.39. The van der Waals surface area contributed by atoms with Crippen LogP contribution in [0.2, 0.25) is 0 Å². The third-order valence-corrected chi connectivity index (χ3v) is 3.29. The number of para-hydroxylation sites is 1. The number of benzene rings is 1. The first kappa shape index (κ1) is 9.22. The fourth-order valence-corrected chi connectivity index (χ4v) is 2.12. The summed E-state index contributed by atoms with van der Waals surface area (Å²) in [5.74, 6) is 1.86. The van der Waals surface area contributed by atoms with Gasteiger partial charge < -0.3 is 10.1 Å². The highest BCUT2D eigenvalue weighted by atomic mass is 16.5. The highest BCUT2D eigenvalue weighted by Crippen LogP contribution is 2.44. The predicted molar refractivity (Wildman–Crippen MR) is 60.3 cm³/mol. The summed E-state index contributed by atoms with van der Waals surface area (Å²) in [5, 5.41) is 3.26. The average Bonchev–Trinajstić information content (AvgIpc) is 3.00. The van der Waals surface area contributed by atoms with E-state index >= 15 is 0 Å². The SMILES string of the molecule is CC1(Oc2ccccc2C2CC2)CNC1. The first-order valence-electron chi connectivity index (χ1n) is 5.75. The standard InChI is InChI=1S/C13H17NO/c1-13(8-14-9-13)15-12-5-3-2-4-11(12)10-6-7-10/h2-5,10,14H,6-9H2,1H3. The number of ether oxygens (including phenoxy) is 1. The van der Waals surface area contributed by atoms with Crippen molar-refractivity contribution < 1.29 is 4.74 Å². The van der Waals surface area contributed by atoms with Crippen molar-refractivity contribution >= 4 is 0 Å². The van der Waals surface area contributed by atoms with Crippen LogP contribution in [-0.2, 0) is 0 Å². The summed E-state index contributed by atoms with van der Waals surface area (Å²) in [4.78, 5) is 0. The lowest BCUT2D eigenvalue weighted by molar-refractivity contribution is 0.0339. The van der Waals surface area contributed by atoms with Crippen molar-refractivity contribution in [2.24, 2.45) is 0 Å². The Bertz CT molecular complexity index is 367. The van der Waals surface area contributed by atoms with Crippen LogP contribution in [0.3, 0.4) is 0 Å². The van der Waals surface area contributed by atoms with Gasteiger partial charge in [0.15, 0.2) is 0 Å². The van der Waals surface area contributed by atoms with E-state index in [1.807, 2.05) is 0 Å². The van der Waals surface area contributed by atoms with Gasteiger partial charge in [0, 0.05) is 13.1 Å². The molecule has 0 amide bonds. The van der Waals surface area contributed by atoms with Crippen molar-refractivity contribution in [2.75, 3.05) is 13.1 Å². The zero-order chi connectivity index (χ0) is 10.3. The van der Waals surface area contributed by atoms with Crippen molar-refractivity contribution in [3.8, 4) is 5.75 Å². The zero-order valence-corrected chi connectivity index (χ0v) is 9.12. The van der Waals surface area contributed by atoms with Gasteiger partial charge in [-0.05, 0) is 37.3 Å². The summed E-state index contributed by atoms with van der Waals surface area (Å²) < 4.78 is 6.11. The predicted octanol–water partition coefficient (Wildman–Crippen LogP) is 2.30. The Morgan fingerprint density at radius 1 is 1.27 bits per heavy atom. The third-order valence-electron chi connectivity index (χ3n) is 3.29. The van der Waals surface area contributed by atoms with Gasteiger partial charge in [0.2, 0.25) is 0 Å². The first-order valence-corrected chi connectivity index (χ1v) is 5.75. The quantitative estimate of drug-likeness (QED) is 0.814. The average molecular weight is 203 g/mol. The van der Waals surface area contributed by atoms with E-state index in [1.165, 1.54) is 18.4 Å². The molecule has 1 aromatic rings. The van der Waals surface area contributed by atoms with Gasteiger partial charge in [0.05, 0.1) is 0 Å². The Kier molecular flexibility index (Phi) is 1.99. The summed E-state index contributed by atoms with van der Waals surface area (Å²) >= 11 is 0. The van der Waals surface area contributed by atoms with E-state index in [9.17, 15) is 0 Å². The molecule has 3 rings (SSSR count). The van der Waals surface area contributed by atoms with Gasteiger partial charge in [-0.2, -0.15) is 0 Å². The van der Waals surface area contributed by atoms with Crippen LogP contribution >= 0.6 is 0 Å². The molecule has 2 aliphatic rings. The molecule has 1 saturated heterocycles. The van der Waals surface area contributed by atoms with E-state index in [4.69, 9.17) is 4.74 Å². The number of rotatable bonds is 3. The molecular weight excluding hydrogens is 186 g/mol. The molecule has 0 bridgehead atoms. The topological polar surface area (TPSA) is 21.3 Å². The minimum absolute atomic E-state index is 0.0188. The normalized spacial score (nSPS) is 23.3. The lowest BCUT2D eigenvalue weighted by Crippen LogP contribution is -2.61. The van der Waals surface area contributed by atoms with E-state index in [2.05, 4.69) is 36.5 Å². The minimum Gasteiger partial charge on any atom is -0.485 e. The van der Waals surface area contributed by atoms with E-state index in [0.29, 0.717) is 0 Å². The van der Waals surface area contributed by atoms with Crippen LogP contribution in [0.5, 0.6) is 5.75 Å². The molecule has 1 N–H and O–H groups in total. The van der Waals surface area contributed by atoms with Crippen LogP contribution < -0.4 is 10.1 Å². The maximum atomic E-state index is 6.11. The Morgan fingerprint density at radius 3 is 2.60 bits per heavy atom. The molecule has 80 valence electrons. The first-order chi connectivity index (χ1) is 7.27. The fraction of sp³-hybridized carbons (Fsp3) is 0.538. The summed E-state index contributed by atoms with van der Waals surface area (Å²) in [6.07, 6.45) is 2.66. The summed E-state index contributed by atoms with van der Waals surface area (Å²) in [5.41, 5.74) is 1.43. The monoisotopic (exact) mass is 203 g/mol. The maximum absolute atomic E-state index is 6.11. The lowest BCUT2D eigenvalue weighted by atomic mass is 9.99. The third kappa shape index (κ3) is 1.74. The molecular formula is C13H17NO. The molecule has 0 unspecified atom stereocenters.